The van der Waals surface area contributed by atoms with E-state index in [1.54, 1.807) is 25.3 Å². The van der Waals surface area contributed by atoms with Crippen LogP contribution >= 0.6 is 0 Å². The third kappa shape index (κ3) is 6.47. The van der Waals surface area contributed by atoms with E-state index in [1.165, 1.54) is 14.6 Å². The van der Waals surface area contributed by atoms with Gasteiger partial charge in [0.15, 0.2) is 0 Å². The molecule has 0 bridgehead atoms. The molecule has 9 nitrogen and oxygen atoms in total. The average Bonchev–Trinajstić information content (AvgIpc) is 3.39. The van der Waals surface area contributed by atoms with Gasteiger partial charge in [0.2, 0.25) is 10.0 Å². The van der Waals surface area contributed by atoms with Crippen molar-refractivity contribution >= 4 is 39.6 Å². The number of urea groups is 1. The molecule has 0 aromatic heterocycles. The number of aryl methyl sites for hydroxylation is 2. The Kier molecular flexibility index (Phi) is 8.57. The highest BCUT2D eigenvalue weighted by atomic mass is 32.2. The number of carbonyl (C=O) groups is 2. The van der Waals surface area contributed by atoms with Gasteiger partial charge in [-0.05, 0) is 96.0 Å². The number of piperidine rings is 1. The summed E-state index contributed by atoms with van der Waals surface area (Å²) in [5.41, 5.74) is 12.5. The van der Waals surface area contributed by atoms with Crippen LogP contribution in [0.15, 0.2) is 101 Å². The molecule has 6 rings (SSSR count). The van der Waals surface area contributed by atoms with E-state index < -0.39 is 21.6 Å². The SMILES string of the molecule is Cc1cc(N(C)C(N)=O)cc(C)c1C=CS(=O)(=O)N1CCC2(CC1)N=C(c1cccc(-c3cccc(-c4ccccc4)c3)c1)NC2=O. The van der Waals surface area contributed by atoms with Crippen molar-refractivity contribution in [2.45, 2.75) is 32.2 Å². The second kappa shape index (κ2) is 12.6. The van der Waals surface area contributed by atoms with Crippen LogP contribution in [0.5, 0.6) is 0 Å². The van der Waals surface area contributed by atoms with Crippen LogP contribution in [0.1, 0.15) is 35.1 Å². The highest BCUT2D eigenvalue weighted by molar-refractivity contribution is 7.92. The highest BCUT2D eigenvalue weighted by Crippen LogP contribution is 2.34. The minimum absolute atomic E-state index is 0.170. The number of benzene rings is 4. The van der Waals surface area contributed by atoms with Gasteiger partial charge in [-0.25, -0.2) is 13.2 Å². The van der Waals surface area contributed by atoms with Crippen molar-refractivity contribution < 1.29 is 18.0 Å². The first-order valence-corrected chi connectivity index (χ1v) is 17.0. The first-order valence-electron chi connectivity index (χ1n) is 15.5. The molecule has 1 saturated heterocycles. The number of carbonyl (C=O) groups excluding carboxylic acids is 2. The van der Waals surface area contributed by atoms with E-state index in [1.807, 2.05) is 62.4 Å². The van der Waals surface area contributed by atoms with Crippen LogP contribution in [-0.4, -0.2) is 56.2 Å². The summed E-state index contributed by atoms with van der Waals surface area (Å²) < 4.78 is 28.1. The fourth-order valence-electron chi connectivity index (χ4n) is 6.23. The van der Waals surface area contributed by atoms with Crippen molar-refractivity contribution in [2.24, 2.45) is 10.7 Å². The predicted molar refractivity (Wildman–Crippen MR) is 187 cm³/mol. The second-order valence-corrected chi connectivity index (χ2v) is 13.9. The highest BCUT2D eigenvalue weighted by Gasteiger charge is 2.47. The van der Waals surface area contributed by atoms with Crippen LogP contribution < -0.4 is 16.0 Å². The van der Waals surface area contributed by atoms with E-state index >= 15 is 0 Å². The molecule has 2 aliphatic rings. The minimum atomic E-state index is -3.76. The van der Waals surface area contributed by atoms with Crippen LogP contribution in [0.25, 0.3) is 28.3 Å². The topological polar surface area (TPSA) is 125 Å². The maximum absolute atomic E-state index is 13.3. The molecule has 0 aliphatic carbocycles. The van der Waals surface area contributed by atoms with E-state index in [0.29, 0.717) is 11.5 Å². The van der Waals surface area contributed by atoms with Gasteiger partial charge in [-0.1, -0.05) is 66.7 Å². The molecule has 0 unspecified atom stereocenters. The molecule has 4 aromatic carbocycles. The number of amides is 3. The van der Waals surface area contributed by atoms with Crippen molar-refractivity contribution in [1.82, 2.24) is 9.62 Å². The summed E-state index contributed by atoms with van der Waals surface area (Å²) in [4.78, 5) is 31.1. The molecule has 0 radical (unpaired) electrons. The van der Waals surface area contributed by atoms with Crippen LogP contribution in [0.3, 0.4) is 0 Å². The molecule has 0 atom stereocenters. The van der Waals surface area contributed by atoms with Crippen LogP contribution in [0.2, 0.25) is 0 Å². The van der Waals surface area contributed by atoms with E-state index in [4.69, 9.17) is 10.7 Å². The molecular weight excluding hydrogens is 611 g/mol. The number of sulfonamides is 1. The molecule has 2 aliphatic heterocycles. The number of anilines is 1. The molecular formula is C37H37N5O4S. The average molecular weight is 648 g/mol. The largest absolute Gasteiger partial charge is 0.351 e. The van der Waals surface area contributed by atoms with Crippen LogP contribution in [0.4, 0.5) is 10.5 Å². The van der Waals surface area contributed by atoms with Gasteiger partial charge in [0, 0.05) is 36.8 Å². The zero-order chi connectivity index (χ0) is 33.3. The quantitative estimate of drug-likeness (QED) is 0.261. The number of amidine groups is 1. The number of rotatable bonds is 7. The zero-order valence-electron chi connectivity index (χ0n) is 26.6. The summed E-state index contributed by atoms with van der Waals surface area (Å²) in [7, 11) is -2.17. The van der Waals surface area contributed by atoms with Gasteiger partial charge >= 0.3 is 6.03 Å². The molecule has 3 N–H and O–H groups in total. The standard InChI is InChI=1S/C37H37N5O4S/c1-25-21-32(41(3)36(38)44)22-26(2)33(25)15-20-47(45,46)42-18-16-37(17-19-42)35(43)39-34(40-37)31-14-8-13-30(24-31)29-12-7-11-28(23-29)27-9-5-4-6-10-27/h4-15,20-24H,16-19H2,1-3H3,(H2,38,44)(H,39,40,43). The lowest BCUT2D eigenvalue weighted by Gasteiger charge is -2.34. The maximum atomic E-state index is 13.3. The number of nitrogens with zero attached hydrogens (tertiary/aromatic N) is 3. The third-order valence-corrected chi connectivity index (χ3v) is 10.6. The summed E-state index contributed by atoms with van der Waals surface area (Å²) in [6.45, 7) is 4.05. The third-order valence-electron chi connectivity index (χ3n) is 9.03. The Balaban J connectivity index is 1.17. The van der Waals surface area contributed by atoms with Gasteiger partial charge in [0.05, 0.1) is 0 Å². The van der Waals surface area contributed by atoms with Crippen molar-refractivity contribution in [3.8, 4) is 22.3 Å². The molecule has 0 saturated carbocycles. The number of hydrogen-bond donors (Lipinski definition) is 2. The minimum Gasteiger partial charge on any atom is -0.351 e. The molecule has 1 fully saturated rings. The molecule has 1 spiro atoms. The Morgan fingerprint density at radius 3 is 1.98 bits per heavy atom. The molecule has 47 heavy (non-hydrogen) atoms. The molecule has 4 aromatic rings. The van der Waals surface area contributed by atoms with Gasteiger partial charge in [-0.15, -0.1) is 0 Å². The number of nitrogens with one attached hydrogen (secondary N) is 1. The number of aliphatic imine (C=N–C) groups is 1. The maximum Gasteiger partial charge on any atom is 0.318 e. The monoisotopic (exact) mass is 647 g/mol. The van der Waals surface area contributed by atoms with Crippen LogP contribution in [-0.2, 0) is 14.8 Å². The Bertz CT molecular complexity index is 2010. The lowest BCUT2D eigenvalue weighted by atomic mass is 9.89. The second-order valence-electron chi connectivity index (χ2n) is 12.1. The lowest BCUT2D eigenvalue weighted by molar-refractivity contribution is -0.124. The van der Waals surface area contributed by atoms with Crippen molar-refractivity contribution in [2.75, 3.05) is 25.0 Å². The summed E-state index contributed by atoms with van der Waals surface area (Å²) in [5.74, 6) is 0.299. The Morgan fingerprint density at radius 1 is 0.851 bits per heavy atom. The van der Waals surface area contributed by atoms with E-state index in [0.717, 1.165) is 44.5 Å². The van der Waals surface area contributed by atoms with Gasteiger partial charge < -0.3 is 11.1 Å². The fourth-order valence-corrected chi connectivity index (χ4v) is 7.41. The summed E-state index contributed by atoms with van der Waals surface area (Å²) in [5, 5.41) is 4.18. The summed E-state index contributed by atoms with van der Waals surface area (Å²) in [6, 6.07) is 29.5. The number of nitrogens with two attached hydrogens (primary N) is 1. The number of hydrogen-bond acceptors (Lipinski definition) is 5. The summed E-state index contributed by atoms with van der Waals surface area (Å²) in [6.07, 6.45) is 2.14. The first-order chi connectivity index (χ1) is 22.5. The van der Waals surface area contributed by atoms with Gasteiger partial charge in [-0.3, -0.25) is 14.7 Å². The van der Waals surface area contributed by atoms with Crippen LogP contribution in [0, 0.1) is 13.8 Å². The van der Waals surface area contributed by atoms with Gasteiger partial charge in [0.1, 0.15) is 11.4 Å². The van der Waals surface area contributed by atoms with Gasteiger partial charge in [-0.2, -0.15) is 4.31 Å². The normalized spacial score (nSPS) is 16.3. The first kappa shape index (κ1) is 31.9. The van der Waals surface area contributed by atoms with E-state index in [2.05, 4.69) is 35.6 Å². The molecule has 3 amide bonds. The van der Waals surface area contributed by atoms with Crippen molar-refractivity contribution in [3.05, 3.63) is 119 Å². The number of primary amides is 1. The van der Waals surface area contributed by atoms with E-state index in [-0.39, 0.29) is 31.8 Å². The Labute approximate surface area is 275 Å². The predicted octanol–water partition coefficient (Wildman–Crippen LogP) is 5.86. The van der Waals surface area contributed by atoms with Crippen molar-refractivity contribution in [3.63, 3.8) is 0 Å². The smallest absolute Gasteiger partial charge is 0.318 e. The zero-order valence-corrected chi connectivity index (χ0v) is 27.4. The summed E-state index contributed by atoms with van der Waals surface area (Å²) >= 11 is 0. The van der Waals surface area contributed by atoms with Gasteiger partial charge in [0.25, 0.3) is 5.91 Å². The fraction of sp³-hybridized carbons (Fsp3) is 0.216. The van der Waals surface area contributed by atoms with Crippen molar-refractivity contribution in [1.29, 1.82) is 0 Å². The molecule has 10 heteroatoms. The Hall–Kier alpha value is -5.06. The van der Waals surface area contributed by atoms with E-state index in [9.17, 15) is 18.0 Å². The molecule has 2 heterocycles. The lowest BCUT2D eigenvalue weighted by Crippen LogP contribution is -2.50. The molecule has 240 valence electrons. The Morgan fingerprint density at radius 2 is 1.38 bits per heavy atom.